The van der Waals surface area contributed by atoms with Crippen molar-refractivity contribution in [1.29, 1.82) is 0 Å². The van der Waals surface area contributed by atoms with Crippen LogP contribution in [0.15, 0.2) is 115 Å². The summed E-state index contributed by atoms with van der Waals surface area (Å²) in [5, 5.41) is 14.0. The van der Waals surface area contributed by atoms with Crippen molar-refractivity contribution in [2.45, 2.75) is 89.0 Å². The summed E-state index contributed by atoms with van der Waals surface area (Å²) in [5.41, 5.74) is 0.0535. The number of amides is 1. The van der Waals surface area contributed by atoms with Crippen molar-refractivity contribution in [3.05, 3.63) is 142 Å². The van der Waals surface area contributed by atoms with Gasteiger partial charge in [-0.1, -0.05) is 54.6 Å². The van der Waals surface area contributed by atoms with Gasteiger partial charge in [0.2, 0.25) is 12.2 Å². The summed E-state index contributed by atoms with van der Waals surface area (Å²) in [6, 6.07) is 27.0. The maximum Gasteiger partial charge on any atom is 0.338 e. The van der Waals surface area contributed by atoms with Crippen LogP contribution < -0.4 is 10.1 Å². The third kappa shape index (κ3) is 11.8. The van der Waals surface area contributed by atoms with Crippen LogP contribution in [0.3, 0.4) is 0 Å². The molecule has 0 saturated carbocycles. The largest absolute Gasteiger partial charge is 0.463 e. The fourth-order valence-electron chi connectivity index (χ4n) is 6.96. The van der Waals surface area contributed by atoms with Gasteiger partial charge in [0, 0.05) is 32.9 Å². The van der Waals surface area contributed by atoms with Gasteiger partial charge in [-0.15, -0.1) is 0 Å². The molecule has 2 fully saturated rings. The number of carbonyl (C=O) groups is 6. The minimum Gasteiger partial charge on any atom is -0.463 e. The minimum absolute atomic E-state index is 0.0367. The Morgan fingerprint density at radius 1 is 0.594 bits per heavy atom. The molecule has 336 valence electrons. The smallest absolute Gasteiger partial charge is 0.338 e. The summed E-state index contributed by atoms with van der Waals surface area (Å²) in [4.78, 5) is 90.1. The molecule has 19 heteroatoms. The van der Waals surface area contributed by atoms with Crippen molar-refractivity contribution >= 4 is 41.4 Å². The highest BCUT2D eigenvalue weighted by Gasteiger charge is 2.57. The van der Waals surface area contributed by atoms with Crippen molar-refractivity contribution < 1.29 is 76.3 Å². The molecule has 0 radical (unpaired) electrons. The first-order chi connectivity index (χ1) is 30.7. The molecule has 64 heavy (non-hydrogen) atoms. The highest BCUT2D eigenvalue weighted by atomic mass is 16.8. The molecule has 2 aliphatic rings. The molecule has 0 aliphatic carbocycles. The fraction of sp³-hybridized carbons (Fsp3) is 0.333. The van der Waals surface area contributed by atoms with Crippen LogP contribution in [-0.2, 0) is 52.3 Å². The number of nitro groups is 1. The number of ether oxygens (including phenoxy) is 9. The summed E-state index contributed by atoms with van der Waals surface area (Å²) in [6.45, 7) is 4.29. The molecule has 19 nitrogen and oxygen atoms in total. The van der Waals surface area contributed by atoms with Gasteiger partial charge in [-0.25, -0.2) is 14.4 Å². The molecule has 1 amide bonds. The van der Waals surface area contributed by atoms with E-state index >= 15 is 0 Å². The average Bonchev–Trinajstić information content (AvgIpc) is 3.27. The van der Waals surface area contributed by atoms with E-state index in [1.165, 1.54) is 74.5 Å². The second-order valence-corrected chi connectivity index (χ2v) is 14.5. The Hall–Kier alpha value is -7.22. The van der Waals surface area contributed by atoms with Gasteiger partial charge in [-0.2, -0.15) is 0 Å². The number of carbonyl (C=O) groups excluding carboxylic acids is 6. The number of nitro benzene ring substituents is 1. The third-order valence-electron chi connectivity index (χ3n) is 9.85. The fourth-order valence-corrected chi connectivity index (χ4v) is 6.96. The zero-order valence-electron chi connectivity index (χ0n) is 34.8. The standard InChI is InChI=1S/C45H44N2O17/c1-25-36(61-41(51)29-14-8-5-9-15-29)39(62-42(52)30-16-10-6-11-17-30)40(63-43(53)31-18-12-7-13-19-31)45(57-25)64-37-34(24-56-27(3)49)60-44(35(46-26(2)48)38(37)58-28(4)50)59-33-22-20-32(21-23-33)47(54)55/h5-23,25,34-40,44-45H,24H2,1-4H3,(H,46,48)/t25-,34?,35-,36?,37+,38+,39?,40-,44+,45-/m0/s1. The van der Waals surface area contributed by atoms with Gasteiger partial charge in [0.15, 0.2) is 30.7 Å². The van der Waals surface area contributed by atoms with Crippen LogP contribution in [0.25, 0.3) is 0 Å². The molecule has 2 heterocycles. The first-order valence-electron chi connectivity index (χ1n) is 19.9. The van der Waals surface area contributed by atoms with Crippen molar-refractivity contribution in [2.24, 2.45) is 0 Å². The molecule has 0 spiro atoms. The Morgan fingerprint density at radius 3 is 1.56 bits per heavy atom. The maximum absolute atomic E-state index is 13.9. The molecule has 10 atom stereocenters. The van der Waals surface area contributed by atoms with E-state index in [9.17, 15) is 38.9 Å². The summed E-state index contributed by atoms with van der Waals surface area (Å²) >= 11 is 0. The Balaban J connectivity index is 1.44. The van der Waals surface area contributed by atoms with Gasteiger partial charge >= 0.3 is 29.8 Å². The molecular weight excluding hydrogens is 840 g/mol. The highest BCUT2D eigenvalue weighted by Crippen LogP contribution is 2.36. The summed E-state index contributed by atoms with van der Waals surface area (Å²) in [6.07, 6.45) is -14.0. The summed E-state index contributed by atoms with van der Waals surface area (Å²) in [5.74, 6) is -4.90. The highest BCUT2D eigenvalue weighted by molar-refractivity contribution is 5.91. The molecule has 3 unspecified atom stereocenters. The van der Waals surface area contributed by atoms with Crippen molar-refractivity contribution in [2.75, 3.05) is 6.61 Å². The van der Waals surface area contributed by atoms with E-state index in [1.807, 2.05) is 0 Å². The zero-order valence-corrected chi connectivity index (χ0v) is 34.8. The first-order valence-corrected chi connectivity index (χ1v) is 19.9. The number of non-ortho nitro benzene ring substituents is 1. The number of benzene rings is 4. The normalized spacial score (nSPS) is 25.1. The molecule has 6 rings (SSSR count). The van der Waals surface area contributed by atoms with E-state index < -0.39 is 109 Å². The number of hydrogen-bond acceptors (Lipinski definition) is 17. The van der Waals surface area contributed by atoms with E-state index in [2.05, 4.69) is 5.32 Å². The minimum atomic E-state index is -1.78. The Kier molecular flexibility index (Phi) is 15.4. The number of rotatable bonds is 15. The van der Waals surface area contributed by atoms with Gasteiger partial charge < -0.3 is 47.9 Å². The quantitative estimate of drug-likeness (QED) is 0.0748. The predicted octanol–water partition coefficient (Wildman–Crippen LogP) is 4.50. The lowest BCUT2D eigenvalue weighted by molar-refractivity contribution is -0.384. The molecule has 0 bridgehead atoms. The predicted molar refractivity (Wildman–Crippen MR) is 218 cm³/mol. The lowest BCUT2D eigenvalue weighted by Crippen LogP contribution is -2.69. The second-order valence-electron chi connectivity index (χ2n) is 14.5. The topological polar surface area (TPSA) is 241 Å². The van der Waals surface area contributed by atoms with Crippen molar-refractivity contribution in [1.82, 2.24) is 5.32 Å². The number of nitrogens with one attached hydrogen (secondary N) is 1. The lowest BCUT2D eigenvalue weighted by Gasteiger charge is -2.49. The van der Waals surface area contributed by atoms with Crippen LogP contribution in [0, 0.1) is 10.1 Å². The molecule has 2 saturated heterocycles. The van der Waals surface area contributed by atoms with E-state index in [0.29, 0.717) is 0 Å². The number of nitrogens with zero attached hydrogens (tertiary/aromatic N) is 1. The van der Waals surface area contributed by atoms with E-state index in [1.54, 1.807) is 54.6 Å². The molecule has 0 aromatic heterocycles. The maximum atomic E-state index is 13.9. The van der Waals surface area contributed by atoms with Gasteiger partial charge in [0.25, 0.3) is 5.69 Å². The van der Waals surface area contributed by atoms with Crippen LogP contribution >= 0.6 is 0 Å². The Bertz CT molecular complexity index is 2280. The monoisotopic (exact) mass is 884 g/mol. The molecule has 4 aromatic carbocycles. The Labute approximate surface area is 365 Å². The van der Waals surface area contributed by atoms with Crippen LogP contribution in [0.5, 0.6) is 5.75 Å². The summed E-state index contributed by atoms with van der Waals surface area (Å²) < 4.78 is 54.6. The number of hydrogen-bond donors (Lipinski definition) is 1. The molecular formula is C45H44N2O17. The third-order valence-corrected chi connectivity index (χ3v) is 9.85. The first kappa shape index (κ1) is 46.3. The van der Waals surface area contributed by atoms with Crippen LogP contribution in [0.4, 0.5) is 5.69 Å². The van der Waals surface area contributed by atoms with Gasteiger partial charge in [-0.3, -0.25) is 24.5 Å². The van der Waals surface area contributed by atoms with E-state index in [4.69, 9.17) is 42.6 Å². The summed E-state index contributed by atoms with van der Waals surface area (Å²) in [7, 11) is 0. The lowest BCUT2D eigenvalue weighted by atomic mass is 9.94. The van der Waals surface area contributed by atoms with Gasteiger partial charge in [-0.05, 0) is 55.5 Å². The second kappa shape index (κ2) is 21.2. The molecule has 4 aromatic rings. The van der Waals surface area contributed by atoms with E-state index in [0.717, 1.165) is 13.8 Å². The Morgan fingerprint density at radius 2 is 1.09 bits per heavy atom. The van der Waals surface area contributed by atoms with Crippen LogP contribution in [-0.4, -0.2) is 109 Å². The van der Waals surface area contributed by atoms with Crippen LogP contribution in [0.2, 0.25) is 0 Å². The number of esters is 5. The van der Waals surface area contributed by atoms with Gasteiger partial charge in [0.1, 0.15) is 30.6 Å². The average molecular weight is 885 g/mol. The zero-order chi connectivity index (χ0) is 45.9. The SMILES string of the molecule is CC(=O)N[C@@H]1[C@H](Oc2ccc([N+](=O)[O-])cc2)OC(COC(C)=O)[C@@H](O[C@@H]2O[C@@H](C)C(OC(=O)c3ccccc3)C(OC(=O)c3ccccc3)[C@@H]2OC(=O)c2ccccc2)[C@@H]1OC(C)=O. The molecule has 1 N–H and O–H groups in total. The van der Waals surface area contributed by atoms with E-state index in [-0.39, 0.29) is 28.1 Å². The van der Waals surface area contributed by atoms with Gasteiger partial charge in [0.05, 0.1) is 27.7 Å². The molecule has 2 aliphatic heterocycles. The van der Waals surface area contributed by atoms with Crippen LogP contribution in [0.1, 0.15) is 58.8 Å². The van der Waals surface area contributed by atoms with Crippen molar-refractivity contribution in [3.63, 3.8) is 0 Å². The van der Waals surface area contributed by atoms with Crippen molar-refractivity contribution in [3.8, 4) is 5.75 Å².